The first-order chi connectivity index (χ1) is 8.73. The molecule has 0 amide bonds. The Morgan fingerprint density at radius 3 is 3.00 bits per heavy atom. The first-order valence-corrected chi connectivity index (χ1v) is 7.26. The summed E-state index contributed by atoms with van der Waals surface area (Å²) in [6.45, 7) is 3.17. The fourth-order valence-corrected chi connectivity index (χ4v) is 3.62. The Bertz CT molecular complexity index is 424. The molecule has 1 aromatic rings. The van der Waals surface area contributed by atoms with Crippen LogP contribution in [0.4, 0.5) is 0 Å². The van der Waals surface area contributed by atoms with Gasteiger partial charge < -0.3 is 4.74 Å². The maximum atomic E-state index is 11.5. The van der Waals surface area contributed by atoms with Gasteiger partial charge in [0.2, 0.25) is 0 Å². The van der Waals surface area contributed by atoms with Crippen LogP contribution in [0.2, 0.25) is 0 Å². The minimum absolute atomic E-state index is 0.00881. The lowest BCUT2D eigenvalue weighted by molar-refractivity contribution is -0.143. The highest BCUT2D eigenvalue weighted by Crippen LogP contribution is 2.59. The van der Waals surface area contributed by atoms with E-state index in [9.17, 15) is 4.79 Å². The van der Waals surface area contributed by atoms with Crippen LogP contribution in [0.3, 0.4) is 0 Å². The fraction of sp³-hybridized carbons (Fsp3) is 0.692. The van der Waals surface area contributed by atoms with Gasteiger partial charge >= 0.3 is 5.97 Å². The van der Waals surface area contributed by atoms with E-state index in [1.54, 1.807) is 0 Å². The van der Waals surface area contributed by atoms with Crippen LogP contribution in [-0.4, -0.2) is 35.4 Å². The van der Waals surface area contributed by atoms with Crippen LogP contribution in [-0.2, 0) is 16.1 Å². The summed E-state index contributed by atoms with van der Waals surface area (Å²) in [5.74, 6) is 0.165. The van der Waals surface area contributed by atoms with E-state index >= 15 is 0 Å². The molecule has 0 bridgehead atoms. The minimum Gasteiger partial charge on any atom is -0.469 e. The van der Waals surface area contributed by atoms with Crippen molar-refractivity contribution in [2.24, 2.45) is 11.3 Å². The molecule has 3 rings (SSSR count). The zero-order valence-electron chi connectivity index (χ0n) is 10.6. The van der Waals surface area contributed by atoms with Crippen molar-refractivity contribution < 1.29 is 9.53 Å². The number of nitrogens with zero attached hydrogens (tertiary/aromatic N) is 2. The molecule has 1 aliphatic carbocycles. The molecule has 1 aromatic heterocycles. The van der Waals surface area contributed by atoms with Crippen LogP contribution in [0.15, 0.2) is 11.6 Å². The number of esters is 1. The van der Waals surface area contributed by atoms with E-state index in [4.69, 9.17) is 4.74 Å². The van der Waals surface area contributed by atoms with Crippen LogP contribution >= 0.6 is 11.5 Å². The van der Waals surface area contributed by atoms with Crippen LogP contribution in [0, 0.1) is 11.3 Å². The van der Waals surface area contributed by atoms with Crippen molar-refractivity contribution in [2.45, 2.75) is 25.8 Å². The summed E-state index contributed by atoms with van der Waals surface area (Å²) in [5, 5.41) is 2.11. The van der Waals surface area contributed by atoms with Gasteiger partial charge in [0.15, 0.2) is 0 Å². The second kappa shape index (κ2) is 4.63. The van der Waals surface area contributed by atoms with E-state index in [1.807, 2.05) is 6.20 Å². The Morgan fingerprint density at radius 2 is 2.39 bits per heavy atom. The van der Waals surface area contributed by atoms with E-state index in [2.05, 4.69) is 14.7 Å². The first-order valence-electron chi connectivity index (χ1n) is 6.42. The van der Waals surface area contributed by atoms with Gasteiger partial charge in [-0.1, -0.05) is 0 Å². The topological polar surface area (TPSA) is 42.4 Å². The predicted molar refractivity (Wildman–Crippen MR) is 69.2 cm³/mol. The maximum absolute atomic E-state index is 11.5. The van der Waals surface area contributed by atoms with Gasteiger partial charge in [0.05, 0.1) is 13.0 Å². The monoisotopic (exact) mass is 266 g/mol. The number of carbonyl (C=O) groups excluding carboxylic acids is 1. The second-order valence-corrected chi connectivity index (χ2v) is 6.11. The Hall–Kier alpha value is -0.940. The summed E-state index contributed by atoms with van der Waals surface area (Å²) in [4.78, 5) is 14.0. The Balaban J connectivity index is 1.52. The maximum Gasteiger partial charge on any atom is 0.309 e. The number of aromatic nitrogens is 1. The lowest BCUT2D eigenvalue weighted by Gasteiger charge is -2.32. The summed E-state index contributed by atoms with van der Waals surface area (Å²) in [5.41, 5.74) is 1.58. The SMILES string of the molecule is COC(=O)C1CC12CCN(Cc1cnsc1)CC2. The standard InChI is InChI=1S/C13H18N2O2S/c1-17-12(16)11-6-13(11)2-4-15(5-3-13)8-10-7-14-18-9-10/h7,9,11H,2-6,8H2,1H3. The lowest BCUT2D eigenvalue weighted by atomic mass is 9.90. The number of methoxy groups -OCH3 is 1. The quantitative estimate of drug-likeness (QED) is 0.784. The molecule has 1 unspecified atom stereocenters. The molecule has 2 heterocycles. The third-order valence-corrected chi connectivity index (χ3v) is 5.05. The van der Waals surface area contributed by atoms with Crippen molar-refractivity contribution in [1.29, 1.82) is 0 Å². The van der Waals surface area contributed by atoms with E-state index in [0.717, 1.165) is 38.9 Å². The van der Waals surface area contributed by atoms with Gasteiger partial charge in [-0.15, -0.1) is 0 Å². The average Bonchev–Trinajstić information content (AvgIpc) is 2.84. The molecular weight excluding hydrogens is 248 g/mol. The smallest absolute Gasteiger partial charge is 0.309 e. The van der Waals surface area contributed by atoms with Gasteiger partial charge in [-0.05, 0) is 54.9 Å². The molecule has 2 aliphatic rings. The van der Waals surface area contributed by atoms with E-state index in [-0.39, 0.29) is 17.3 Å². The summed E-state index contributed by atoms with van der Waals surface area (Å²) in [7, 11) is 1.49. The van der Waals surface area contributed by atoms with Gasteiger partial charge in [-0.2, -0.15) is 0 Å². The minimum atomic E-state index is -0.00881. The lowest BCUT2D eigenvalue weighted by Crippen LogP contribution is -2.35. The second-order valence-electron chi connectivity index (χ2n) is 5.45. The molecule has 1 saturated heterocycles. The molecule has 1 atom stereocenters. The van der Waals surface area contributed by atoms with E-state index in [0.29, 0.717) is 0 Å². The fourth-order valence-electron chi connectivity index (χ4n) is 3.10. The molecule has 98 valence electrons. The van der Waals surface area contributed by atoms with Gasteiger partial charge in [0.1, 0.15) is 0 Å². The molecule has 1 saturated carbocycles. The van der Waals surface area contributed by atoms with Crippen molar-refractivity contribution in [1.82, 2.24) is 9.27 Å². The van der Waals surface area contributed by atoms with Crippen LogP contribution in [0.25, 0.3) is 0 Å². The van der Waals surface area contributed by atoms with Crippen molar-refractivity contribution in [3.05, 3.63) is 17.1 Å². The van der Waals surface area contributed by atoms with E-state index in [1.165, 1.54) is 24.2 Å². The van der Waals surface area contributed by atoms with Crippen LogP contribution < -0.4 is 0 Å². The molecule has 1 spiro atoms. The average molecular weight is 266 g/mol. The third-order valence-electron chi connectivity index (χ3n) is 4.42. The number of hydrogen-bond donors (Lipinski definition) is 0. The largest absolute Gasteiger partial charge is 0.469 e. The molecule has 18 heavy (non-hydrogen) atoms. The highest BCUT2D eigenvalue weighted by Gasteiger charge is 2.59. The summed E-state index contributed by atoms with van der Waals surface area (Å²) in [6.07, 6.45) is 5.24. The summed E-state index contributed by atoms with van der Waals surface area (Å²) in [6, 6.07) is 0. The van der Waals surface area contributed by atoms with Crippen molar-refractivity contribution in [3.8, 4) is 0 Å². The van der Waals surface area contributed by atoms with Crippen LogP contribution in [0.5, 0.6) is 0 Å². The van der Waals surface area contributed by atoms with Gasteiger partial charge in [0.25, 0.3) is 0 Å². The highest BCUT2D eigenvalue weighted by molar-refractivity contribution is 7.03. The van der Waals surface area contributed by atoms with Gasteiger partial charge in [0, 0.05) is 18.1 Å². The summed E-state index contributed by atoms with van der Waals surface area (Å²) >= 11 is 1.51. The van der Waals surface area contributed by atoms with Crippen LogP contribution in [0.1, 0.15) is 24.8 Å². The van der Waals surface area contributed by atoms with Gasteiger partial charge in [-0.3, -0.25) is 9.69 Å². The van der Waals surface area contributed by atoms with Crippen molar-refractivity contribution in [2.75, 3.05) is 20.2 Å². The molecule has 0 N–H and O–H groups in total. The number of hydrogen-bond acceptors (Lipinski definition) is 5. The normalized spacial score (nSPS) is 26.2. The van der Waals surface area contributed by atoms with Gasteiger partial charge in [-0.25, -0.2) is 4.37 Å². The summed E-state index contributed by atoms with van der Waals surface area (Å²) < 4.78 is 8.98. The van der Waals surface area contributed by atoms with Crippen molar-refractivity contribution in [3.63, 3.8) is 0 Å². The molecule has 0 radical (unpaired) electrons. The highest BCUT2D eigenvalue weighted by atomic mass is 32.1. The van der Waals surface area contributed by atoms with E-state index < -0.39 is 0 Å². The number of likely N-dealkylation sites (tertiary alicyclic amines) is 1. The number of piperidine rings is 1. The molecular formula is C13H18N2O2S. The Kier molecular flexibility index (Phi) is 3.11. The predicted octanol–water partition coefficient (Wildman–Crippen LogP) is 1.92. The number of carbonyl (C=O) groups is 1. The Labute approximate surface area is 111 Å². The van der Waals surface area contributed by atoms with Crippen molar-refractivity contribution >= 4 is 17.5 Å². The third kappa shape index (κ3) is 2.17. The molecule has 4 nitrogen and oxygen atoms in total. The molecule has 2 fully saturated rings. The number of ether oxygens (including phenoxy) is 1. The number of rotatable bonds is 3. The first kappa shape index (κ1) is 12.1. The zero-order chi connectivity index (χ0) is 12.6. The Morgan fingerprint density at radius 1 is 1.61 bits per heavy atom. The zero-order valence-corrected chi connectivity index (χ0v) is 11.4. The molecule has 1 aliphatic heterocycles. The molecule has 0 aromatic carbocycles. The molecule has 5 heteroatoms.